The highest BCUT2D eigenvalue weighted by atomic mass is 16.5. The van der Waals surface area contributed by atoms with E-state index >= 15 is 0 Å². The number of amides is 2. The lowest BCUT2D eigenvalue weighted by Gasteiger charge is -2.20. The summed E-state index contributed by atoms with van der Waals surface area (Å²) in [6.07, 6.45) is 1.31. The minimum absolute atomic E-state index is 0.188. The molecule has 0 fully saturated rings. The Balaban J connectivity index is 3.75. The maximum atomic E-state index is 11.1. The van der Waals surface area contributed by atoms with Crippen molar-refractivity contribution in [3.05, 3.63) is 0 Å². The number of hydrogen-bond acceptors (Lipinski definition) is 3. The monoisotopic (exact) mass is 216 g/mol. The Kier molecular flexibility index (Phi) is 5.74. The standard InChI is InChI=1S/C10H20N2O3/c1-4-5-6-15-9(14)12-7-10(2,3)8(11)13/h4-7H2,1-3H3,(H2,11,13)(H,12,14). The van der Waals surface area contributed by atoms with Crippen molar-refractivity contribution < 1.29 is 14.3 Å². The molecule has 88 valence electrons. The maximum absolute atomic E-state index is 11.1. The molecule has 0 aliphatic heterocycles. The van der Waals surface area contributed by atoms with Crippen molar-refractivity contribution in [2.24, 2.45) is 11.1 Å². The smallest absolute Gasteiger partial charge is 0.407 e. The number of primary amides is 1. The number of rotatable bonds is 6. The van der Waals surface area contributed by atoms with Crippen molar-refractivity contribution in [3.63, 3.8) is 0 Å². The number of nitrogens with one attached hydrogen (secondary N) is 1. The number of carbonyl (C=O) groups excluding carboxylic acids is 2. The van der Waals surface area contributed by atoms with Crippen LogP contribution in [0.15, 0.2) is 0 Å². The topological polar surface area (TPSA) is 81.4 Å². The molecule has 5 nitrogen and oxygen atoms in total. The second-order valence-electron chi connectivity index (χ2n) is 4.09. The molecular weight excluding hydrogens is 196 g/mol. The van der Waals surface area contributed by atoms with Crippen LogP contribution in [0.4, 0.5) is 4.79 Å². The average molecular weight is 216 g/mol. The lowest BCUT2D eigenvalue weighted by atomic mass is 9.93. The maximum Gasteiger partial charge on any atom is 0.407 e. The van der Waals surface area contributed by atoms with Gasteiger partial charge in [-0.1, -0.05) is 13.3 Å². The number of unbranched alkanes of at least 4 members (excludes halogenated alkanes) is 1. The number of carbonyl (C=O) groups is 2. The molecule has 0 bridgehead atoms. The number of alkyl carbamates (subject to hydrolysis) is 1. The van der Waals surface area contributed by atoms with Gasteiger partial charge in [-0.2, -0.15) is 0 Å². The first-order chi connectivity index (χ1) is 6.90. The minimum atomic E-state index is -0.746. The minimum Gasteiger partial charge on any atom is -0.450 e. The molecule has 0 aliphatic carbocycles. The predicted octanol–water partition coefficient (Wildman–Crippen LogP) is 1.02. The van der Waals surface area contributed by atoms with E-state index in [2.05, 4.69) is 5.32 Å². The van der Waals surface area contributed by atoms with Gasteiger partial charge in [0, 0.05) is 6.54 Å². The van der Waals surface area contributed by atoms with E-state index in [1.54, 1.807) is 13.8 Å². The van der Waals surface area contributed by atoms with E-state index in [0.717, 1.165) is 12.8 Å². The van der Waals surface area contributed by atoms with Crippen LogP contribution >= 0.6 is 0 Å². The van der Waals surface area contributed by atoms with Gasteiger partial charge in [-0.05, 0) is 20.3 Å². The molecule has 0 atom stereocenters. The summed E-state index contributed by atoms with van der Waals surface area (Å²) < 4.78 is 4.86. The fourth-order valence-corrected chi connectivity index (χ4v) is 0.740. The molecule has 15 heavy (non-hydrogen) atoms. The molecule has 0 spiro atoms. The summed E-state index contributed by atoms with van der Waals surface area (Å²) in [6.45, 7) is 5.94. The Morgan fingerprint density at radius 1 is 1.40 bits per heavy atom. The van der Waals surface area contributed by atoms with E-state index < -0.39 is 17.4 Å². The number of nitrogens with two attached hydrogens (primary N) is 1. The fraction of sp³-hybridized carbons (Fsp3) is 0.800. The first-order valence-electron chi connectivity index (χ1n) is 5.10. The molecule has 3 N–H and O–H groups in total. The van der Waals surface area contributed by atoms with Crippen LogP contribution in [0.5, 0.6) is 0 Å². The molecule has 0 unspecified atom stereocenters. The summed E-state index contributed by atoms with van der Waals surface area (Å²) in [5.41, 5.74) is 4.40. The van der Waals surface area contributed by atoms with Gasteiger partial charge in [-0.25, -0.2) is 4.79 Å². The molecule has 2 amide bonds. The van der Waals surface area contributed by atoms with Crippen molar-refractivity contribution in [1.29, 1.82) is 0 Å². The highest BCUT2D eigenvalue weighted by Crippen LogP contribution is 2.11. The van der Waals surface area contributed by atoms with Crippen molar-refractivity contribution in [3.8, 4) is 0 Å². The van der Waals surface area contributed by atoms with Crippen LogP contribution in [0, 0.1) is 5.41 Å². The third-order valence-corrected chi connectivity index (χ3v) is 2.07. The van der Waals surface area contributed by atoms with Gasteiger partial charge in [0.15, 0.2) is 0 Å². The van der Waals surface area contributed by atoms with Gasteiger partial charge >= 0.3 is 6.09 Å². The Bertz CT molecular complexity index is 227. The first kappa shape index (κ1) is 13.7. The molecule has 0 aromatic carbocycles. The molecule has 0 rings (SSSR count). The van der Waals surface area contributed by atoms with E-state index in [-0.39, 0.29) is 6.54 Å². The van der Waals surface area contributed by atoms with Gasteiger partial charge in [-0.15, -0.1) is 0 Å². The largest absolute Gasteiger partial charge is 0.450 e. The summed E-state index contributed by atoms with van der Waals surface area (Å²) in [5.74, 6) is -0.448. The van der Waals surface area contributed by atoms with Crippen LogP contribution < -0.4 is 11.1 Å². The van der Waals surface area contributed by atoms with Gasteiger partial charge in [0.1, 0.15) is 0 Å². The summed E-state index contributed by atoms with van der Waals surface area (Å²) in [6, 6.07) is 0. The Morgan fingerprint density at radius 2 is 2.00 bits per heavy atom. The van der Waals surface area contributed by atoms with E-state index in [4.69, 9.17) is 10.5 Å². The summed E-state index contributed by atoms with van der Waals surface area (Å²) >= 11 is 0. The van der Waals surface area contributed by atoms with Crippen molar-refractivity contribution >= 4 is 12.0 Å². The number of ether oxygens (including phenoxy) is 1. The molecule has 0 saturated carbocycles. The third-order valence-electron chi connectivity index (χ3n) is 2.07. The van der Waals surface area contributed by atoms with E-state index in [1.807, 2.05) is 6.92 Å². The molecular formula is C10H20N2O3. The average Bonchev–Trinajstić information content (AvgIpc) is 2.15. The zero-order chi connectivity index (χ0) is 11.9. The van der Waals surface area contributed by atoms with Gasteiger partial charge < -0.3 is 15.8 Å². The van der Waals surface area contributed by atoms with Gasteiger partial charge in [0.25, 0.3) is 0 Å². The van der Waals surface area contributed by atoms with Crippen LogP contribution in [-0.4, -0.2) is 25.2 Å². The lowest BCUT2D eigenvalue weighted by Crippen LogP contribution is -2.42. The van der Waals surface area contributed by atoms with Gasteiger partial charge in [0.2, 0.25) is 5.91 Å². The van der Waals surface area contributed by atoms with E-state index in [0.29, 0.717) is 6.61 Å². The molecule has 0 radical (unpaired) electrons. The second kappa shape index (κ2) is 6.27. The Morgan fingerprint density at radius 3 is 2.47 bits per heavy atom. The second-order valence-corrected chi connectivity index (χ2v) is 4.09. The van der Waals surface area contributed by atoms with Gasteiger partial charge in [0.05, 0.1) is 12.0 Å². The summed E-state index contributed by atoms with van der Waals surface area (Å²) in [7, 11) is 0. The molecule has 0 aromatic heterocycles. The fourth-order valence-electron chi connectivity index (χ4n) is 0.740. The SMILES string of the molecule is CCCCOC(=O)NCC(C)(C)C(N)=O. The zero-order valence-electron chi connectivity index (χ0n) is 9.63. The lowest BCUT2D eigenvalue weighted by molar-refractivity contribution is -0.125. The Labute approximate surface area is 90.4 Å². The third kappa shape index (κ3) is 5.93. The first-order valence-corrected chi connectivity index (χ1v) is 5.10. The van der Waals surface area contributed by atoms with Crippen LogP contribution in [0.1, 0.15) is 33.6 Å². The Hall–Kier alpha value is -1.26. The van der Waals surface area contributed by atoms with Crippen LogP contribution in [0.2, 0.25) is 0 Å². The molecule has 0 aliphatic rings. The molecule has 0 aromatic rings. The highest BCUT2D eigenvalue weighted by molar-refractivity contribution is 5.81. The zero-order valence-corrected chi connectivity index (χ0v) is 9.63. The van der Waals surface area contributed by atoms with Crippen molar-refractivity contribution in [1.82, 2.24) is 5.32 Å². The highest BCUT2D eigenvalue weighted by Gasteiger charge is 2.25. The summed E-state index contributed by atoms with van der Waals surface area (Å²) in [4.78, 5) is 22.0. The summed E-state index contributed by atoms with van der Waals surface area (Å²) in [5, 5.41) is 2.50. The molecule has 0 heterocycles. The van der Waals surface area contributed by atoms with E-state index in [9.17, 15) is 9.59 Å². The van der Waals surface area contributed by atoms with Crippen LogP contribution in [0.3, 0.4) is 0 Å². The normalized spacial score (nSPS) is 10.9. The molecule has 5 heteroatoms. The predicted molar refractivity (Wildman–Crippen MR) is 57.2 cm³/mol. The number of hydrogen-bond donors (Lipinski definition) is 2. The van der Waals surface area contributed by atoms with Crippen LogP contribution in [-0.2, 0) is 9.53 Å². The van der Waals surface area contributed by atoms with Crippen molar-refractivity contribution in [2.45, 2.75) is 33.6 Å². The van der Waals surface area contributed by atoms with E-state index in [1.165, 1.54) is 0 Å². The van der Waals surface area contributed by atoms with Crippen molar-refractivity contribution in [2.75, 3.05) is 13.2 Å². The van der Waals surface area contributed by atoms with Gasteiger partial charge in [-0.3, -0.25) is 4.79 Å². The quantitative estimate of drug-likeness (QED) is 0.650. The molecule has 0 saturated heterocycles. The van der Waals surface area contributed by atoms with Crippen LogP contribution in [0.25, 0.3) is 0 Å².